The Bertz CT molecular complexity index is 514. The van der Waals surface area contributed by atoms with Gasteiger partial charge in [-0.25, -0.2) is 0 Å². The highest BCUT2D eigenvalue weighted by Crippen LogP contribution is 2.45. The molecule has 27 heavy (non-hydrogen) atoms. The first-order valence-corrected chi connectivity index (χ1v) is 9.25. The molecule has 0 aromatic rings. The maximum absolute atomic E-state index is 10.5. The standard InChI is InChI=1S/C17H30O10/c1-6(2)13-11(22)12(23)14(8(5-19)24-13)26-17(3)16-15(27-17)10(21)9(20)7(4-18)25-16/h6-16,18-23H,4-5H2,1-3H3. The van der Waals surface area contributed by atoms with Crippen LogP contribution in [0.2, 0.25) is 0 Å². The van der Waals surface area contributed by atoms with Crippen molar-refractivity contribution in [1.29, 1.82) is 0 Å². The quantitative estimate of drug-likeness (QED) is 0.286. The second-order valence-electron chi connectivity index (χ2n) is 7.99. The number of ether oxygens (including phenoxy) is 4. The summed E-state index contributed by atoms with van der Waals surface area (Å²) in [5.41, 5.74) is 0. The van der Waals surface area contributed by atoms with Crippen molar-refractivity contribution < 1.29 is 49.6 Å². The van der Waals surface area contributed by atoms with Gasteiger partial charge >= 0.3 is 0 Å². The normalized spacial score (nSPS) is 53.1. The molecule has 3 heterocycles. The van der Waals surface area contributed by atoms with Crippen molar-refractivity contribution in [2.75, 3.05) is 13.2 Å². The highest BCUT2D eigenvalue weighted by Gasteiger charge is 2.64. The molecule has 0 saturated carbocycles. The van der Waals surface area contributed by atoms with E-state index in [-0.39, 0.29) is 5.92 Å². The summed E-state index contributed by atoms with van der Waals surface area (Å²) in [5.74, 6) is -1.51. The van der Waals surface area contributed by atoms with Crippen molar-refractivity contribution >= 4 is 0 Å². The fraction of sp³-hybridized carbons (Fsp3) is 1.00. The summed E-state index contributed by atoms with van der Waals surface area (Å²) in [4.78, 5) is 0. The van der Waals surface area contributed by atoms with Gasteiger partial charge in [0.2, 0.25) is 0 Å². The largest absolute Gasteiger partial charge is 0.394 e. The second-order valence-corrected chi connectivity index (χ2v) is 7.99. The first kappa shape index (κ1) is 21.3. The minimum atomic E-state index is -1.42. The lowest BCUT2D eigenvalue weighted by Gasteiger charge is -2.59. The van der Waals surface area contributed by atoms with Crippen molar-refractivity contribution in [1.82, 2.24) is 0 Å². The molecule has 10 nitrogen and oxygen atoms in total. The van der Waals surface area contributed by atoms with Crippen LogP contribution in [0, 0.1) is 5.92 Å². The lowest BCUT2D eigenvalue weighted by molar-refractivity contribution is -0.461. The molecule has 11 atom stereocenters. The molecule has 0 aliphatic carbocycles. The van der Waals surface area contributed by atoms with Gasteiger partial charge < -0.3 is 49.6 Å². The van der Waals surface area contributed by atoms with E-state index in [2.05, 4.69) is 0 Å². The zero-order valence-electron chi connectivity index (χ0n) is 15.6. The van der Waals surface area contributed by atoms with E-state index in [1.807, 2.05) is 13.8 Å². The highest BCUT2D eigenvalue weighted by molar-refractivity contribution is 5.06. The molecule has 0 aromatic carbocycles. The first-order chi connectivity index (χ1) is 12.6. The Balaban J connectivity index is 1.74. The molecule has 10 heteroatoms. The number of hydrogen-bond acceptors (Lipinski definition) is 10. The van der Waals surface area contributed by atoms with Crippen LogP contribution in [-0.2, 0) is 18.9 Å². The average molecular weight is 394 g/mol. The van der Waals surface area contributed by atoms with Gasteiger partial charge in [0.25, 0.3) is 0 Å². The fourth-order valence-corrected chi connectivity index (χ4v) is 4.09. The monoisotopic (exact) mass is 394 g/mol. The molecule has 0 radical (unpaired) electrons. The first-order valence-electron chi connectivity index (χ1n) is 9.25. The van der Waals surface area contributed by atoms with E-state index in [9.17, 15) is 30.6 Å². The summed E-state index contributed by atoms with van der Waals surface area (Å²) in [6.07, 6.45) is -10.5. The summed E-state index contributed by atoms with van der Waals surface area (Å²) in [7, 11) is 0. The molecule has 6 N–H and O–H groups in total. The number of aliphatic hydroxyl groups is 6. The number of hydrogen-bond donors (Lipinski definition) is 6. The van der Waals surface area contributed by atoms with E-state index in [1.165, 1.54) is 6.92 Å². The van der Waals surface area contributed by atoms with Gasteiger partial charge in [-0.2, -0.15) is 0 Å². The second kappa shape index (κ2) is 7.79. The Morgan fingerprint density at radius 3 is 2.07 bits per heavy atom. The van der Waals surface area contributed by atoms with Crippen LogP contribution in [0.5, 0.6) is 0 Å². The Labute approximate surface area is 157 Å². The highest BCUT2D eigenvalue weighted by atomic mass is 16.8. The zero-order chi connectivity index (χ0) is 20.1. The molecule has 3 saturated heterocycles. The third kappa shape index (κ3) is 3.52. The van der Waals surface area contributed by atoms with Gasteiger partial charge in [0.1, 0.15) is 54.9 Å². The average Bonchev–Trinajstić information content (AvgIpc) is 2.62. The molecular weight excluding hydrogens is 364 g/mol. The van der Waals surface area contributed by atoms with E-state index in [0.29, 0.717) is 0 Å². The Hall–Kier alpha value is -0.400. The summed E-state index contributed by atoms with van der Waals surface area (Å²) in [6, 6.07) is 0. The maximum Gasteiger partial charge on any atom is 0.195 e. The van der Waals surface area contributed by atoms with E-state index < -0.39 is 80.0 Å². The lowest BCUT2D eigenvalue weighted by atomic mass is 9.85. The molecule has 3 rings (SSSR count). The molecule has 0 spiro atoms. The predicted octanol–water partition coefficient (Wildman–Crippen LogP) is -2.89. The number of aliphatic hydroxyl groups excluding tert-OH is 6. The topological polar surface area (TPSA) is 158 Å². The lowest BCUT2D eigenvalue weighted by Crippen LogP contribution is -2.77. The van der Waals surface area contributed by atoms with Crippen LogP contribution in [0.4, 0.5) is 0 Å². The van der Waals surface area contributed by atoms with Crippen molar-refractivity contribution in [3.8, 4) is 0 Å². The van der Waals surface area contributed by atoms with Gasteiger partial charge in [0.05, 0.1) is 19.3 Å². The number of rotatable bonds is 5. The van der Waals surface area contributed by atoms with Crippen LogP contribution in [0.15, 0.2) is 0 Å². The summed E-state index contributed by atoms with van der Waals surface area (Å²) in [5, 5.41) is 59.9. The minimum Gasteiger partial charge on any atom is -0.394 e. The van der Waals surface area contributed by atoms with Crippen LogP contribution in [0.1, 0.15) is 20.8 Å². The van der Waals surface area contributed by atoms with Crippen molar-refractivity contribution in [3.63, 3.8) is 0 Å². The van der Waals surface area contributed by atoms with Crippen molar-refractivity contribution in [2.45, 2.75) is 87.6 Å². The predicted molar refractivity (Wildman–Crippen MR) is 88.5 cm³/mol. The van der Waals surface area contributed by atoms with Crippen molar-refractivity contribution in [3.05, 3.63) is 0 Å². The maximum atomic E-state index is 10.5. The summed E-state index contributed by atoms with van der Waals surface area (Å²) < 4.78 is 22.8. The van der Waals surface area contributed by atoms with Gasteiger partial charge in [-0.3, -0.25) is 0 Å². The van der Waals surface area contributed by atoms with E-state index in [4.69, 9.17) is 18.9 Å². The van der Waals surface area contributed by atoms with Crippen LogP contribution < -0.4 is 0 Å². The van der Waals surface area contributed by atoms with Gasteiger partial charge in [-0.05, 0) is 12.8 Å². The fourth-order valence-electron chi connectivity index (χ4n) is 4.09. The third-order valence-electron chi connectivity index (χ3n) is 5.68. The Morgan fingerprint density at radius 2 is 1.52 bits per heavy atom. The van der Waals surface area contributed by atoms with E-state index in [1.54, 1.807) is 0 Å². The molecule has 0 amide bonds. The SMILES string of the molecule is CC(C)C1OC(CO)C(OC2(C)OC3C(O)C(O)C(CO)OC32)C(O)C1O. The van der Waals surface area contributed by atoms with Crippen molar-refractivity contribution in [2.24, 2.45) is 5.92 Å². The molecule has 0 bridgehead atoms. The summed E-state index contributed by atoms with van der Waals surface area (Å²) >= 11 is 0. The Kier molecular flexibility index (Phi) is 6.15. The molecule has 3 fully saturated rings. The van der Waals surface area contributed by atoms with Gasteiger partial charge in [-0.15, -0.1) is 0 Å². The molecule has 3 aliphatic heterocycles. The van der Waals surface area contributed by atoms with E-state index >= 15 is 0 Å². The molecular formula is C17H30O10. The smallest absolute Gasteiger partial charge is 0.195 e. The van der Waals surface area contributed by atoms with Gasteiger partial charge in [0.15, 0.2) is 5.79 Å². The van der Waals surface area contributed by atoms with Crippen LogP contribution in [0.3, 0.4) is 0 Å². The van der Waals surface area contributed by atoms with Crippen LogP contribution in [-0.4, -0.2) is 111 Å². The molecule has 0 aromatic heterocycles. The van der Waals surface area contributed by atoms with E-state index in [0.717, 1.165) is 0 Å². The molecule has 3 aliphatic rings. The molecule has 158 valence electrons. The number of fused-ring (bicyclic) bond motifs is 1. The zero-order valence-corrected chi connectivity index (χ0v) is 15.6. The minimum absolute atomic E-state index is 0.0896. The summed E-state index contributed by atoms with van der Waals surface area (Å²) in [6.45, 7) is 4.24. The molecule has 11 unspecified atom stereocenters. The van der Waals surface area contributed by atoms with Gasteiger partial charge in [0, 0.05) is 0 Å². The van der Waals surface area contributed by atoms with Crippen LogP contribution in [0.25, 0.3) is 0 Å². The third-order valence-corrected chi connectivity index (χ3v) is 5.68. The van der Waals surface area contributed by atoms with Gasteiger partial charge in [-0.1, -0.05) is 13.8 Å². The van der Waals surface area contributed by atoms with Crippen LogP contribution >= 0.6 is 0 Å². The Morgan fingerprint density at radius 1 is 0.889 bits per heavy atom.